The van der Waals surface area contributed by atoms with Crippen LogP contribution in [-0.4, -0.2) is 39.0 Å². The van der Waals surface area contributed by atoms with Crippen LogP contribution in [0.25, 0.3) is 11.5 Å². The zero-order valence-corrected chi connectivity index (χ0v) is 16.1. The number of aromatic nitrogens is 3. The first-order chi connectivity index (χ1) is 13.2. The molecule has 27 heavy (non-hydrogen) atoms. The number of rotatable bonds is 5. The maximum Gasteiger partial charge on any atom is 0.263 e. The van der Waals surface area contributed by atoms with Gasteiger partial charge in [-0.25, -0.2) is 0 Å². The molecule has 0 radical (unpaired) electrons. The number of pyridine rings is 1. The quantitative estimate of drug-likeness (QED) is 0.667. The standard InChI is InChI=1S/C20H22N4O2S/c1-14-6-8-17(27-14)20(25)24-11-3-4-15(13-24)7-9-18-22-19(26-23-18)16-5-2-10-21-12-16/h2,5-6,8,10,12,15H,3-4,7,9,11,13H2,1H3. The van der Waals surface area contributed by atoms with Crippen molar-refractivity contribution in [3.8, 4) is 11.5 Å². The Morgan fingerprint density at radius 1 is 1.37 bits per heavy atom. The van der Waals surface area contributed by atoms with Crippen LogP contribution in [0.3, 0.4) is 0 Å². The van der Waals surface area contributed by atoms with Crippen molar-refractivity contribution >= 4 is 17.2 Å². The molecular formula is C20H22N4O2S. The van der Waals surface area contributed by atoms with Crippen LogP contribution in [0, 0.1) is 12.8 Å². The van der Waals surface area contributed by atoms with E-state index in [4.69, 9.17) is 4.52 Å². The van der Waals surface area contributed by atoms with E-state index in [1.54, 1.807) is 23.7 Å². The molecule has 1 aliphatic rings. The van der Waals surface area contributed by atoms with Gasteiger partial charge in [-0.15, -0.1) is 11.3 Å². The van der Waals surface area contributed by atoms with Gasteiger partial charge in [0.1, 0.15) is 0 Å². The van der Waals surface area contributed by atoms with Gasteiger partial charge in [0.2, 0.25) is 0 Å². The number of carbonyl (C=O) groups excluding carboxylic acids is 1. The van der Waals surface area contributed by atoms with Gasteiger partial charge in [0.05, 0.1) is 10.4 Å². The molecule has 1 saturated heterocycles. The van der Waals surface area contributed by atoms with Gasteiger partial charge in [0, 0.05) is 36.8 Å². The summed E-state index contributed by atoms with van der Waals surface area (Å²) < 4.78 is 5.35. The van der Waals surface area contributed by atoms with E-state index in [9.17, 15) is 4.79 Å². The first-order valence-corrected chi connectivity index (χ1v) is 10.1. The van der Waals surface area contributed by atoms with Gasteiger partial charge in [-0.1, -0.05) is 5.16 Å². The van der Waals surface area contributed by atoms with E-state index in [-0.39, 0.29) is 5.91 Å². The molecule has 3 aromatic rings. The van der Waals surface area contributed by atoms with Crippen molar-refractivity contribution in [2.24, 2.45) is 5.92 Å². The Labute approximate surface area is 162 Å². The summed E-state index contributed by atoms with van der Waals surface area (Å²) in [5, 5.41) is 4.09. The zero-order valence-electron chi connectivity index (χ0n) is 15.3. The first kappa shape index (κ1) is 17.9. The Morgan fingerprint density at radius 2 is 2.30 bits per heavy atom. The van der Waals surface area contributed by atoms with E-state index in [1.165, 1.54) is 4.88 Å². The minimum Gasteiger partial charge on any atom is -0.338 e. The largest absolute Gasteiger partial charge is 0.338 e. The SMILES string of the molecule is Cc1ccc(C(=O)N2CCCC(CCc3noc(-c4cccnc4)n3)C2)s1. The zero-order chi connectivity index (χ0) is 18.6. The number of thiophene rings is 1. The van der Waals surface area contributed by atoms with Crippen LogP contribution in [0.15, 0.2) is 41.2 Å². The summed E-state index contributed by atoms with van der Waals surface area (Å²) in [5.74, 6) is 1.86. The lowest BCUT2D eigenvalue weighted by Gasteiger charge is -2.32. The highest BCUT2D eigenvalue weighted by molar-refractivity contribution is 7.13. The molecule has 1 atom stereocenters. The number of hydrogen-bond donors (Lipinski definition) is 0. The van der Waals surface area contributed by atoms with Gasteiger partial charge in [-0.2, -0.15) is 4.98 Å². The molecule has 0 N–H and O–H groups in total. The molecule has 4 heterocycles. The second kappa shape index (κ2) is 8.00. The Balaban J connectivity index is 1.33. The second-order valence-electron chi connectivity index (χ2n) is 6.97. The van der Waals surface area contributed by atoms with E-state index in [0.717, 1.165) is 49.2 Å². The molecule has 1 unspecified atom stereocenters. The number of carbonyl (C=O) groups is 1. The monoisotopic (exact) mass is 382 g/mol. The molecule has 0 bridgehead atoms. The van der Waals surface area contributed by atoms with Crippen molar-refractivity contribution in [3.63, 3.8) is 0 Å². The fourth-order valence-electron chi connectivity index (χ4n) is 3.49. The number of amides is 1. The predicted molar refractivity (Wildman–Crippen MR) is 104 cm³/mol. The number of nitrogens with zero attached hydrogens (tertiary/aromatic N) is 4. The molecule has 1 amide bonds. The molecule has 6 nitrogen and oxygen atoms in total. The van der Waals surface area contributed by atoms with Crippen LogP contribution in [0.4, 0.5) is 0 Å². The molecule has 0 spiro atoms. The van der Waals surface area contributed by atoms with E-state index in [0.29, 0.717) is 17.6 Å². The lowest BCUT2D eigenvalue weighted by Crippen LogP contribution is -2.39. The van der Waals surface area contributed by atoms with Gasteiger partial charge >= 0.3 is 0 Å². The maximum absolute atomic E-state index is 12.7. The van der Waals surface area contributed by atoms with Gasteiger partial charge in [0.25, 0.3) is 11.8 Å². The normalized spacial score (nSPS) is 17.2. The van der Waals surface area contributed by atoms with Crippen LogP contribution < -0.4 is 0 Å². The molecule has 0 saturated carbocycles. The predicted octanol–water partition coefficient (Wildman–Crippen LogP) is 3.99. The summed E-state index contributed by atoms with van der Waals surface area (Å²) in [5.41, 5.74) is 0.830. The fourth-order valence-corrected chi connectivity index (χ4v) is 4.32. The highest BCUT2D eigenvalue weighted by Crippen LogP contribution is 2.25. The molecule has 1 fully saturated rings. The summed E-state index contributed by atoms with van der Waals surface area (Å²) in [7, 11) is 0. The smallest absolute Gasteiger partial charge is 0.263 e. The van der Waals surface area contributed by atoms with Crippen molar-refractivity contribution in [1.82, 2.24) is 20.0 Å². The minimum absolute atomic E-state index is 0.163. The van der Waals surface area contributed by atoms with Crippen LogP contribution in [0.5, 0.6) is 0 Å². The van der Waals surface area contributed by atoms with E-state index >= 15 is 0 Å². The van der Waals surface area contributed by atoms with Crippen molar-refractivity contribution in [3.05, 3.63) is 52.2 Å². The summed E-state index contributed by atoms with van der Waals surface area (Å²) in [6.07, 6.45) is 7.34. The van der Waals surface area contributed by atoms with Crippen molar-refractivity contribution in [2.75, 3.05) is 13.1 Å². The fraction of sp³-hybridized carbons (Fsp3) is 0.400. The van der Waals surface area contributed by atoms with Gasteiger partial charge in [0.15, 0.2) is 5.82 Å². The van der Waals surface area contributed by atoms with Crippen molar-refractivity contribution < 1.29 is 9.32 Å². The van der Waals surface area contributed by atoms with Gasteiger partial charge in [-0.05, 0) is 56.4 Å². The third-order valence-corrected chi connectivity index (χ3v) is 5.90. The number of hydrogen-bond acceptors (Lipinski definition) is 6. The third-order valence-electron chi connectivity index (χ3n) is 4.91. The highest BCUT2D eigenvalue weighted by atomic mass is 32.1. The molecule has 140 valence electrons. The van der Waals surface area contributed by atoms with Crippen LogP contribution in [0.2, 0.25) is 0 Å². The Morgan fingerprint density at radius 3 is 3.07 bits per heavy atom. The average Bonchev–Trinajstić information content (AvgIpc) is 3.36. The van der Waals surface area contributed by atoms with E-state index in [1.807, 2.05) is 36.1 Å². The van der Waals surface area contributed by atoms with E-state index < -0.39 is 0 Å². The number of aryl methyl sites for hydroxylation is 2. The van der Waals surface area contributed by atoms with Crippen LogP contribution >= 0.6 is 11.3 Å². The molecule has 1 aliphatic heterocycles. The Kier molecular flexibility index (Phi) is 5.29. The second-order valence-corrected chi connectivity index (χ2v) is 8.25. The molecular weight excluding hydrogens is 360 g/mol. The molecule has 0 aliphatic carbocycles. The topological polar surface area (TPSA) is 72.1 Å². The summed E-state index contributed by atoms with van der Waals surface area (Å²) in [6, 6.07) is 7.70. The molecule has 3 aromatic heterocycles. The summed E-state index contributed by atoms with van der Waals surface area (Å²) >= 11 is 1.57. The minimum atomic E-state index is 0.163. The van der Waals surface area contributed by atoms with Crippen LogP contribution in [0.1, 0.15) is 39.6 Å². The summed E-state index contributed by atoms with van der Waals surface area (Å²) in [4.78, 5) is 25.2. The van der Waals surface area contributed by atoms with Crippen LogP contribution in [-0.2, 0) is 6.42 Å². The average molecular weight is 382 g/mol. The number of piperidine rings is 1. The number of likely N-dealkylation sites (tertiary alicyclic amines) is 1. The lowest BCUT2D eigenvalue weighted by atomic mass is 9.93. The highest BCUT2D eigenvalue weighted by Gasteiger charge is 2.25. The summed E-state index contributed by atoms with van der Waals surface area (Å²) in [6.45, 7) is 3.69. The Hall–Kier alpha value is -2.54. The lowest BCUT2D eigenvalue weighted by molar-refractivity contribution is 0.0673. The molecule has 7 heteroatoms. The maximum atomic E-state index is 12.7. The van der Waals surface area contributed by atoms with Crippen molar-refractivity contribution in [2.45, 2.75) is 32.6 Å². The van der Waals surface area contributed by atoms with Crippen molar-refractivity contribution in [1.29, 1.82) is 0 Å². The van der Waals surface area contributed by atoms with Gasteiger partial charge in [-0.3, -0.25) is 9.78 Å². The van der Waals surface area contributed by atoms with Gasteiger partial charge < -0.3 is 9.42 Å². The Bertz CT molecular complexity index is 906. The first-order valence-electron chi connectivity index (χ1n) is 9.28. The molecule has 0 aromatic carbocycles. The third kappa shape index (κ3) is 4.24. The molecule has 4 rings (SSSR count). The van der Waals surface area contributed by atoms with E-state index in [2.05, 4.69) is 15.1 Å².